The van der Waals surface area contributed by atoms with E-state index in [1.54, 1.807) is 20.3 Å². The highest BCUT2D eigenvalue weighted by atomic mass is 16.5. The largest absolute Gasteiger partial charge is 0.507 e. The van der Waals surface area contributed by atoms with Gasteiger partial charge < -0.3 is 19.9 Å². The Kier molecular flexibility index (Phi) is 4.13. The van der Waals surface area contributed by atoms with E-state index in [1.807, 2.05) is 36.4 Å². The third-order valence-corrected chi connectivity index (χ3v) is 2.87. The third-order valence-electron chi connectivity index (χ3n) is 2.87. The van der Waals surface area contributed by atoms with Crippen LogP contribution in [0.25, 0.3) is 0 Å². The molecule has 0 aliphatic heterocycles. The van der Waals surface area contributed by atoms with Gasteiger partial charge in [-0.05, 0) is 24.3 Å². The summed E-state index contributed by atoms with van der Waals surface area (Å²) in [6.07, 6.45) is 0. The van der Waals surface area contributed by atoms with Crippen LogP contribution >= 0.6 is 0 Å². The van der Waals surface area contributed by atoms with Crippen LogP contribution in [0.5, 0.6) is 17.2 Å². The van der Waals surface area contributed by atoms with Gasteiger partial charge in [0.2, 0.25) is 0 Å². The molecule has 2 aromatic rings. The summed E-state index contributed by atoms with van der Waals surface area (Å²) in [6, 6.07) is 12.9. The van der Waals surface area contributed by atoms with Crippen LogP contribution in [0.3, 0.4) is 0 Å². The Morgan fingerprint density at radius 3 is 2.53 bits per heavy atom. The summed E-state index contributed by atoms with van der Waals surface area (Å²) in [4.78, 5) is 0. The molecule has 0 radical (unpaired) electrons. The van der Waals surface area contributed by atoms with Gasteiger partial charge in [-0.15, -0.1) is 0 Å². The molecule has 0 amide bonds. The van der Waals surface area contributed by atoms with Crippen molar-refractivity contribution >= 4 is 5.69 Å². The van der Waals surface area contributed by atoms with E-state index in [0.29, 0.717) is 12.3 Å². The van der Waals surface area contributed by atoms with E-state index >= 15 is 0 Å². The molecule has 0 unspecified atom stereocenters. The molecule has 0 aromatic heterocycles. The summed E-state index contributed by atoms with van der Waals surface area (Å²) in [5.41, 5.74) is 1.69. The van der Waals surface area contributed by atoms with E-state index in [2.05, 4.69) is 5.32 Å². The van der Waals surface area contributed by atoms with Crippen LogP contribution in [0, 0.1) is 0 Å². The molecule has 0 spiro atoms. The minimum atomic E-state index is 0.210. The van der Waals surface area contributed by atoms with E-state index in [0.717, 1.165) is 17.0 Å². The van der Waals surface area contributed by atoms with Crippen LogP contribution in [-0.4, -0.2) is 19.3 Å². The Balaban J connectivity index is 2.10. The lowest BCUT2D eigenvalue weighted by Gasteiger charge is -2.12. The molecular formula is C15H17NO3. The summed E-state index contributed by atoms with van der Waals surface area (Å²) in [6.45, 7) is 0.510. The van der Waals surface area contributed by atoms with Crippen LogP contribution in [0.4, 0.5) is 5.69 Å². The number of rotatable bonds is 5. The van der Waals surface area contributed by atoms with Crippen molar-refractivity contribution < 1.29 is 14.6 Å². The van der Waals surface area contributed by atoms with Crippen molar-refractivity contribution in [3.8, 4) is 17.2 Å². The van der Waals surface area contributed by atoms with Crippen molar-refractivity contribution in [2.24, 2.45) is 0 Å². The molecule has 0 fully saturated rings. The molecule has 2 N–H and O–H groups in total. The maximum Gasteiger partial charge on any atom is 0.141 e. The van der Waals surface area contributed by atoms with Crippen molar-refractivity contribution in [2.75, 3.05) is 19.5 Å². The summed E-state index contributed by atoms with van der Waals surface area (Å²) in [5, 5.41) is 13.1. The second kappa shape index (κ2) is 6.00. The molecule has 4 nitrogen and oxygen atoms in total. The zero-order valence-electron chi connectivity index (χ0n) is 11.0. The predicted molar refractivity (Wildman–Crippen MR) is 75.0 cm³/mol. The Bertz CT molecular complexity index is 555. The van der Waals surface area contributed by atoms with Crippen LogP contribution in [-0.2, 0) is 6.54 Å². The number of benzene rings is 2. The third kappa shape index (κ3) is 3.10. The van der Waals surface area contributed by atoms with Crippen LogP contribution < -0.4 is 14.8 Å². The number of anilines is 1. The van der Waals surface area contributed by atoms with Gasteiger partial charge in [-0.3, -0.25) is 0 Å². The van der Waals surface area contributed by atoms with E-state index in [9.17, 15) is 5.11 Å². The minimum absolute atomic E-state index is 0.210. The molecule has 0 saturated heterocycles. The number of hydrogen-bond acceptors (Lipinski definition) is 4. The second-order valence-electron chi connectivity index (χ2n) is 4.05. The van der Waals surface area contributed by atoms with Crippen molar-refractivity contribution in [2.45, 2.75) is 6.54 Å². The van der Waals surface area contributed by atoms with Gasteiger partial charge in [-0.25, -0.2) is 0 Å². The molecule has 100 valence electrons. The number of methoxy groups -OCH3 is 2. The van der Waals surface area contributed by atoms with Gasteiger partial charge >= 0.3 is 0 Å². The van der Waals surface area contributed by atoms with Crippen LogP contribution in [0.15, 0.2) is 42.5 Å². The normalized spacial score (nSPS) is 10.0. The predicted octanol–water partition coefficient (Wildman–Crippen LogP) is 3.02. The van der Waals surface area contributed by atoms with Crippen LogP contribution in [0.1, 0.15) is 5.56 Å². The highest BCUT2D eigenvalue weighted by molar-refractivity contribution is 5.56. The van der Waals surface area contributed by atoms with Gasteiger partial charge in [0.15, 0.2) is 0 Å². The summed E-state index contributed by atoms with van der Waals surface area (Å²) >= 11 is 0. The number of para-hydroxylation sites is 2. The summed E-state index contributed by atoms with van der Waals surface area (Å²) in [7, 11) is 3.20. The zero-order valence-corrected chi connectivity index (χ0v) is 11.0. The summed E-state index contributed by atoms with van der Waals surface area (Å²) in [5.74, 6) is 1.62. The molecule has 19 heavy (non-hydrogen) atoms. The van der Waals surface area contributed by atoms with E-state index < -0.39 is 0 Å². The number of ether oxygens (including phenoxy) is 2. The van der Waals surface area contributed by atoms with E-state index in [1.165, 1.54) is 0 Å². The van der Waals surface area contributed by atoms with E-state index in [4.69, 9.17) is 9.47 Å². The highest BCUT2D eigenvalue weighted by Crippen LogP contribution is 2.27. The molecule has 0 saturated carbocycles. The Hall–Kier alpha value is -2.36. The average molecular weight is 259 g/mol. The minimum Gasteiger partial charge on any atom is -0.507 e. The first-order chi connectivity index (χ1) is 9.24. The molecule has 0 bridgehead atoms. The first-order valence-corrected chi connectivity index (χ1v) is 5.97. The Morgan fingerprint density at radius 1 is 1.05 bits per heavy atom. The fourth-order valence-corrected chi connectivity index (χ4v) is 1.80. The first-order valence-electron chi connectivity index (χ1n) is 5.97. The standard InChI is InChI=1S/C15H17NO3/c1-18-12-8-7-11(14(17)9-12)10-16-13-5-3-4-6-15(13)19-2/h3-9,16-17H,10H2,1-2H3. The molecule has 0 aliphatic rings. The molecule has 2 aromatic carbocycles. The first kappa shape index (κ1) is 13.1. The smallest absolute Gasteiger partial charge is 0.141 e. The molecule has 0 atom stereocenters. The van der Waals surface area contributed by atoms with Crippen molar-refractivity contribution in [1.29, 1.82) is 0 Å². The van der Waals surface area contributed by atoms with Crippen molar-refractivity contribution in [3.63, 3.8) is 0 Å². The van der Waals surface area contributed by atoms with Crippen molar-refractivity contribution in [1.82, 2.24) is 0 Å². The summed E-state index contributed by atoms with van der Waals surface area (Å²) < 4.78 is 10.3. The zero-order chi connectivity index (χ0) is 13.7. The Labute approximate surface area is 112 Å². The molecule has 4 heteroatoms. The van der Waals surface area contributed by atoms with Crippen molar-refractivity contribution in [3.05, 3.63) is 48.0 Å². The SMILES string of the molecule is COc1ccc(CNc2ccccc2OC)c(O)c1. The Morgan fingerprint density at radius 2 is 1.84 bits per heavy atom. The fourth-order valence-electron chi connectivity index (χ4n) is 1.80. The molecular weight excluding hydrogens is 242 g/mol. The number of hydrogen-bond donors (Lipinski definition) is 2. The maximum atomic E-state index is 9.88. The number of phenols is 1. The number of aromatic hydroxyl groups is 1. The topological polar surface area (TPSA) is 50.7 Å². The molecule has 2 rings (SSSR count). The lowest BCUT2D eigenvalue weighted by atomic mass is 10.2. The van der Waals surface area contributed by atoms with Gasteiger partial charge in [0.1, 0.15) is 17.2 Å². The number of phenolic OH excluding ortho intramolecular Hbond substituents is 1. The quantitative estimate of drug-likeness (QED) is 0.866. The number of nitrogens with one attached hydrogen (secondary N) is 1. The fraction of sp³-hybridized carbons (Fsp3) is 0.200. The lowest BCUT2D eigenvalue weighted by molar-refractivity contribution is 0.406. The average Bonchev–Trinajstić information content (AvgIpc) is 2.46. The van der Waals surface area contributed by atoms with Gasteiger partial charge in [0, 0.05) is 18.2 Å². The van der Waals surface area contributed by atoms with Gasteiger partial charge in [-0.1, -0.05) is 12.1 Å². The van der Waals surface area contributed by atoms with Gasteiger partial charge in [0.25, 0.3) is 0 Å². The van der Waals surface area contributed by atoms with E-state index in [-0.39, 0.29) is 5.75 Å². The maximum absolute atomic E-state index is 9.88. The highest BCUT2D eigenvalue weighted by Gasteiger charge is 2.05. The van der Waals surface area contributed by atoms with Gasteiger partial charge in [0.05, 0.1) is 19.9 Å². The molecule has 0 heterocycles. The second-order valence-corrected chi connectivity index (χ2v) is 4.05. The molecule has 0 aliphatic carbocycles. The monoisotopic (exact) mass is 259 g/mol. The van der Waals surface area contributed by atoms with Gasteiger partial charge in [-0.2, -0.15) is 0 Å². The lowest BCUT2D eigenvalue weighted by Crippen LogP contribution is -2.01. The van der Waals surface area contributed by atoms with Crippen LogP contribution in [0.2, 0.25) is 0 Å².